The number of halogens is 1. The van der Waals surface area contributed by atoms with Gasteiger partial charge in [-0.25, -0.2) is 0 Å². The van der Waals surface area contributed by atoms with Crippen LogP contribution in [0.4, 0.5) is 5.69 Å². The number of anilines is 1. The van der Waals surface area contributed by atoms with Gasteiger partial charge in [0.2, 0.25) is 0 Å². The van der Waals surface area contributed by atoms with Crippen LogP contribution in [0, 0.1) is 3.57 Å². The minimum Gasteiger partial charge on any atom is -0.379 e. The molecule has 0 fully saturated rings. The summed E-state index contributed by atoms with van der Waals surface area (Å²) >= 11 is 2.33. The van der Waals surface area contributed by atoms with Gasteiger partial charge in [-0.15, -0.1) is 0 Å². The van der Waals surface area contributed by atoms with Crippen LogP contribution in [0.15, 0.2) is 48.5 Å². The number of nitrogens with zero attached hydrogens (tertiary/aromatic N) is 1. The van der Waals surface area contributed by atoms with Crippen LogP contribution in [0.3, 0.4) is 0 Å². The molecule has 106 valence electrons. The first kappa shape index (κ1) is 15.3. The Bertz CT molecular complexity index is 532. The summed E-state index contributed by atoms with van der Waals surface area (Å²) in [6, 6.07) is 17.6. The van der Waals surface area contributed by atoms with Crippen LogP contribution in [-0.4, -0.2) is 19.0 Å². The Balaban J connectivity index is 2.00. The van der Waals surface area contributed by atoms with E-state index in [4.69, 9.17) is 0 Å². The van der Waals surface area contributed by atoms with E-state index in [9.17, 15) is 0 Å². The maximum absolute atomic E-state index is 3.54. The van der Waals surface area contributed by atoms with E-state index < -0.39 is 0 Å². The van der Waals surface area contributed by atoms with E-state index in [-0.39, 0.29) is 0 Å². The fourth-order valence-electron chi connectivity index (χ4n) is 2.16. The number of hydrogen-bond acceptors (Lipinski definition) is 2. The van der Waals surface area contributed by atoms with E-state index in [1.165, 1.54) is 20.4 Å². The summed E-state index contributed by atoms with van der Waals surface area (Å²) < 4.78 is 1.27. The number of rotatable bonds is 5. The third-order valence-corrected chi connectivity index (χ3v) is 3.93. The van der Waals surface area contributed by atoms with Gasteiger partial charge in [-0.3, -0.25) is 0 Å². The van der Waals surface area contributed by atoms with Crippen molar-refractivity contribution in [1.29, 1.82) is 0 Å². The predicted molar refractivity (Wildman–Crippen MR) is 95.0 cm³/mol. The van der Waals surface area contributed by atoms with E-state index in [2.05, 4.69) is 102 Å². The number of hydrogen-bond donors (Lipinski definition) is 1. The monoisotopic (exact) mass is 380 g/mol. The summed E-state index contributed by atoms with van der Waals surface area (Å²) in [4.78, 5) is 2.18. The zero-order chi connectivity index (χ0) is 14.5. The van der Waals surface area contributed by atoms with Crippen LogP contribution in [0.25, 0.3) is 0 Å². The molecule has 1 atom stereocenters. The van der Waals surface area contributed by atoms with Crippen molar-refractivity contribution in [2.75, 3.05) is 19.4 Å². The van der Waals surface area contributed by atoms with Crippen LogP contribution in [-0.2, 0) is 6.54 Å². The molecule has 0 bridgehead atoms. The third kappa shape index (κ3) is 4.49. The van der Waals surface area contributed by atoms with Gasteiger partial charge in [-0.2, -0.15) is 0 Å². The highest BCUT2D eigenvalue weighted by molar-refractivity contribution is 14.1. The molecular weight excluding hydrogens is 359 g/mol. The average Bonchev–Trinajstić information content (AvgIpc) is 2.41. The van der Waals surface area contributed by atoms with E-state index in [1.807, 2.05) is 0 Å². The van der Waals surface area contributed by atoms with Gasteiger partial charge < -0.3 is 10.2 Å². The normalized spacial score (nSPS) is 12.4. The molecule has 0 radical (unpaired) electrons. The fraction of sp³-hybridized carbons (Fsp3) is 0.294. The van der Waals surface area contributed by atoms with Crippen molar-refractivity contribution in [3.63, 3.8) is 0 Å². The van der Waals surface area contributed by atoms with Gasteiger partial charge in [0.15, 0.2) is 0 Å². The van der Waals surface area contributed by atoms with Gasteiger partial charge in [0.05, 0.1) is 0 Å². The quantitative estimate of drug-likeness (QED) is 0.767. The highest BCUT2D eigenvalue weighted by Crippen LogP contribution is 2.20. The van der Waals surface area contributed by atoms with Gasteiger partial charge >= 0.3 is 0 Å². The molecule has 1 unspecified atom stereocenters. The summed E-state index contributed by atoms with van der Waals surface area (Å²) in [7, 11) is 4.18. The van der Waals surface area contributed by atoms with E-state index in [0.29, 0.717) is 6.04 Å². The van der Waals surface area contributed by atoms with Crippen molar-refractivity contribution in [3.05, 3.63) is 63.2 Å². The van der Waals surface area contributed by atoms with Crippen molar-refractivity contribution in [2.24, 2.45) is 0 Å². The molecule has 0 aromatic heterocycles. The third-order valence-electron chi connectivity index (χ3n) is 3.21. The fourth-order valence-corrected chi connectivity index (χ4v) is 2.52. The molecule has 0 saturated carbocycles. The lowest BCUT2D eigenvalue weighted by Crippen LogP contribution is -2.11. The molecule has 2 aromatic rings. The highest BCUT2D eigenvalue weighted by Gasteiger charge is 2.05. The van der Waals surface area contributed by atoms with Crippen molar-refractivity contribution >= 4 is 28.3 Å². The molecule has 1 N–H and O–H groups in total. The van der Waals surface area contributed by atoms with E-state index in [1.54, 1.807) is 0 Å². The van der Waals surface area contributed by atoms with Gasteiger partial charge in [0.25, 0.3) is 0 Å². The second-order valence-electron chi connectivity index (χ2n) is 5.35. The molecule has 0 aliphatic rings. The largest absolute Gasteiger partial charge is 0.379 e. The molecule has 2 aromatic carbocycles. The summed E-state index contributed by atoms with van der Waals surface area (Å²) in [6.07, 6.45) is 0. The van der Waals surface area contributed by atoms with Gasteiger partial charge in [0, 0.05) is 21.8 Å². The maximum Gasteiger partial charge on any atom is 0.0485 e. The van der Waals surface area contributed by atoms with Crippen LogP contribution >= 0.6 is 22.6 Å². The second kappa shape index (κ2) is 7.09. The predicted octanol–water partition coefficient (Wildman–Crippen LogP) is 4.53. The van der Waals surface area contributed by atoms with Crippen LogP contribution in [0.5, 0.6) is 0 Å². The topological polar surface area (TPSA) is 15.3 Å². The Morgan fingerprint density at radius 2 is 1.60 bits per heavy atom. The van der Waals surface area contributed by atoms with E-state index >= 15 is 0 Å². The van der Waals surface area contributed by atoms with Crippen LogP contribution in [0.1, 0.15) is 24.1 Å². The molecule has 2 nitrogen and oxygen atoms in total. The van der Waals surface area contributed by atoms with Crippen molar-refractivity contribution < 1.29 is 0 Å². The highest BCUT2D eigenvalue weighted by atomic mass is 127. The van der Waals surface area contributed by atoms with Crippen molar-refractivity contribution in [3.8, 4) is 0 Å². The lowest BCUT2D eigenvalue weighted by Gasteiger charge is -2.16. The van der Waals surface area contributed by atoms with Gasteiger partial charge in [-0.1, -0.05) is 24.3 Å². The molecule has 0 aliphatic carbocycles. The molecule has 0 amide bonds. The summed E-state index contributed by atoms with van der Waals surface area (Å²) in [5, 5.41) is 3.54. The Morgan fingerprint density at radius 1 is 1.00 bits per heavy atom. The average molecular weight is 380 g/mol. The number of benzene rings is 2. The standard InChI is InChI=1S/C17H21IN2/c1-13(15-6-8-16(18)9-7-15)19-17-10-4-14(5-11-17)12-20(2)3/h4-11,13,19H,12H2,1-3H3. The molecule has 20 heavy (non-hydrogen) atoms. The zero-order valence-electron chi connectivity index (χ0n) is 12.2. The Kier molecular flexibility index (Phi) is 5.43. The molecule has 0 aliphatic heterocycles. The Hall–Kier alpha value is -1.07. The summed E-state index contributed by atoms with van der Waals surface area (Å²) in [5.41, 5.74) is 3.81. The van der Waals surface area contributed by atoms with Gasteiger partial charge in [0.1, 0.15) is 0 Å². The number of nitrogens with one attached hydrogen (secondary N) is 1. The lowest BCUT2D eigenvalue weighted by atomic mass is 10.1. The maximum atomic E-state index is 3.54. The molecule has 0 spiro atoms. The minimum atomic E-state index is 0.312. The molecule has 2 rings (SSSR count). The first-order valence-electron chi connectivity index (χ1n) is 6.80. The first-order chi connectivity index (χ1) is 9.54. The first-order valence-corrected chi connectivity index (χ1v) is 7.88. The smallest absolute Gasteiger partial charge is 0.0485 e. The summed E-state index contributed by atoms with van der Waals surface area (Å²) in [5.74, 6) is 0. The molecule has 0 heterocycles. The minimum absolute atomic E-state index is 0.312. The summed E-state index contributed by atoms with van der Waals surface area (Å²) in [6.45, 7) is 3.17. The second-order valence-corrected chi connectivity index (χ2v) is 6.60. The molecule has 0 saturated heterocycles. The van der Waals surface area contributed by atoms with Crippen molar-refractivity contribution in [2.45, 2.75) is 19.5 Å². The van der Waals surface area contributed by atoms with Crippen molar-refractivity contribution in [1.82, 2.24) is 4.90 Å². The van der Waals surface area contributed by atoms with Gasteiger partial charge in [-0.05, 0) is 79.0 Å². The lowest BCUT2D eigenvalue weighted by molar-refractivity contribution is 0.402. The molecule has 3 heteroatoms. The van der Waals surface area contributed by atoms with Crippen LogP contribution in [0.2, 0.25) is 0 Å². The Labute approximate surface area is 135 Å². The Morgan fingerprint density at radius 3 is 2.15 bits per heavy atom. The van der Waals surface area contributed by atoms with E-state index in [0.717, 1.165) is 6.54 Å². The molecular formula is C17H21IN2. The van der Waals surface area contributed by atoms with Crippen LogP contribution < -0.4 is 5.32 Å². The SMILES string of the molecule is CC(Nc1ccc(CN(C)C)cc1)c1ccc(I)cc1. The zero-order valence-corrected chi connectivity index (χ0v) is 14.4.